The van der Waals surface area contributed by atoms with Gasteiger partial charge in [-0.05, 0) is 38.1 Å². The van der Waals surface area contributed by atoms with Crippen LogP contribution < -0.4 is 0 Å². The number of benzene rings is 1. The van der Waals surface area contributed by atoms with Gasteiger partial charge in [-0.1, -0.05) is 11.8 Å². The van der Waals surface area contributed by atoms with E-state index in [1.54, 1.807) is 27.9 Å². The van der Waals surface area contributed by atoms with Crippen LogP contribution in [0, 0.1) is 5.82 Å². The highest BCUT2D eigenvalue weighted by Crippen LogP contribution is 2.26. The molecule has 0 aliphatic carbocycles. The summed E-state index contributed by atoms with van der Waals surface area (Å²) >= 11 is 1.37. The van der Waals surface area contributed by atoms with Gasteiger partial charge in [-0.15, -0.1) is 0 Å². The molecule has 2 aromatic heterocycles. The van der Waals surface area contributed by atoms with E-state index < -0.39 is 0 Å². The molecule has 6 nitrogen and oxygen atoms in total. The molecule has 3 rings (SSSR count). The summed E-state index contributed by atoms with van der Waals surface area (Å²) in [6.07, 6.45) is 3.12. The fourth-order valence-electron chi connectivity index (χ4n) is 2.51. The summed E-state index contributed by atoms with van der Waals surface area (Å²) in [5, 5.41) is 5.81. The van der Waals surface area contributed by atoms with Crippen LogP contribution in [0.3, 0.4) is 0 Å². The van der Waals surface area contributed by atoms with Crippen LogP contribution in [0.25, 0.3) is 16.7 Å². The fourth-order valence-corrected chi connectivity index (χ4v) is 3.37. The molecule has 0 spiro atoms. The molecule has 0 fully saturated rings. The number of carbonyl (C=O) groups excluding carboxylic acids is 1. The summed E-state index contributed by atoms with van der Waals surface area (Å²) in [6, 6.07) is 6.03. The zero-order valence-corrected chi connectivity index (χ0v) is 14.8. The van der Waals surface area contributed by atoms with Gasteiger partial charge in [-0.2, -0.15) is 5.10 Å². The molecule has 0 atom stereocenters. The molecule has 0 unspecified atom stereocenters. The highest BCUT2D eigenvalue weighted by molar-refractivity contribution is 8.00. The molecule has 0 aliphatic heterocycles. The van der Waals surface area contributed by atoms with Gasteiger partial charge in [0.05, 0.1) is 23.0 Å². The van der Waals surface area contributed by atoms with Gasteiger partial charge in [0, 0.05) is 13.1 Å². The quantitative estimate of drug-likeness (QED) is 0.500. The smallest absolute Gasteiger partial charge is 0.232 e. The number of aromatic nitrogens is 4. The van der Waals surface area contributed by atoms with Crippen LogP contribution >= 0.6 is 11.8 Å². The number of halogens is 1. The normalized spacial score (nSPS) is 11.0. The molecule has 1 amide bonds. The van der Waals surface area contributed by atoms with Crippen molar-refractivity contribution < 1.29 is 9.18 Å². The highest BCUT2D eigenvalue weighted by atomic mass is 32.2. The van der Waals surface area contributed by atoms with E-state index in [4.69, 9.17) is 0 Å². The second kappa shape index (κ2) is 7.60. The van der Waals surface area contributed by atoms with Gasteiger partial charge in [-0.25, -0.2) is 19.0 Å². The Hall–Kier alpha value is -2.48. The zero-order valence-electron chi connectivity index (χ0n) is 14.0. The van der Waals surface area contributed by atoms with E-state index in [2.05, 4.69) is 15.1 Å². The average Bonchev–Trinajstić information content (AvgIpc) is 3.06. The maximum atomic E-state index is 13.1. The summed E-state index contributed by atoms with van der Waals surface area (Å²) in [7, 11) is 0. The van der Waals surface area contributed by atoms with Crippen molar-refractivity contribution in [1.29, 1.82) is 0 Å². The Morgan fingerprint density at radius 2 is 1.92 bits per heavy atom. The molecule has 0 saturated heterocycles. The molecule has 0 bridgehead atoms. The third-order valence-electron chi connectivity index (χ3n) is 3.85. The number of carbonyl (C=O) groups is 1. The van der Waals surface area contributed by atoms with E-state index in [1.165, 1.54) is 30.2 Å². The lowest BCUT2D eigenvalue weighted by Crippen LogP contribution is -2.31. The molecular weight excluding hydrogens is 341 g/mol. The van der Waals surface area contributed by atoms with Crippen molar-refractivity contribution in [3.05, 3.63) is 42.6 Å². The Labute approximate surface area is 149 Å². The Bertz CT molecular complexity index is 876. The third-order valence-corrected chi connectivity index (χ3v) is 4.84. The van der Waals surface area contributed by atoms with Crippen LogP contribution in [0.15, 0.2) is 41.8 Å². The van der Waals surface area contributed by atoms with Gasteiger partial charge >= 0.3 is 0 Å². The summed E-state index contributed by atoms with van der Waals surface area (Å²) in [5.41, 5.74) is 1.34. The largest absolute Gasteiger partial charge is 0.343 e. The molecule has 1 aromatic carbocycles. The van der Waals surface area contributed by atoms with Crippen LogP contribution in [0.4, 0.5) is 4.39 Å². The summed E-state index contributed by atoms with van der Waals surface area (Å²) in [6.45, 7) is 5.30. The van der Waals surface area contributed by atoms with E-state index in [9.17, 15) is 9.18 Å². The van der Waals surface area contributed by atoms with E-state index in [-0.39, 0.29) is 11.7 Å². The predicted octanol–water partition coefficient (Wildman–Crippen LogP) is 2.92. The van der Waals surface area contributed by atoms with Crippen LogP contribution in [0.2, 0.25) is 0 Å². The minimum Gasteiger partial charge on any atom is -0.343 e. The van der Waals surface area contributed by atoms with Crippen LogP contribution in [0.5, 0.6) is 0 Å². The lowest BCUT2D eigenvalue weighted by atomic mass is 10.3. The Morgan fingerprint density at radius 3 is 2.60 bits per heavy atom. The molecule has 0 radical (unpaired) electrons. The van der Waals surface area contributed by atoms with Crippen molar-refractivity contribution in [1.82, 2.24) is 24.6 Å². The lowest BCUT2D eigenvalue weighted by Gasteiger charge is -2.17. The topological polar surface area (TPSA) is 63.9 Å². The lowest BCUT2D eigenvalue weighted by molar-refractivity contribution is -0.127. The molecule has 0 N–H and O–H groups in total. The molecule has 0 saturated carbocycles. The number of nitrogens with zero attached hydrogens (tertiary/aromatic N) is 5. The van der Waals surface area contributed by atoms with Crippen molar-refractivity contribution in [2.45, 2.75) is 18.9 Å². The molecule has 2 heterocycles. The van der Waals surface area contributed by atoms with Crippen molar-refractivity contribution in [3.8, 4) is 5.69 Å². The number of fused-ring (bicyclic) bond motifs is 1. The first kappa shape index (κ1) is 17.3. The van der Waals surface area contributed by atoms with E-state index in [0.29, 0.717) is 35.2 Å². The van der Waals surface area contributed by atoms with Gasteiger partial charge in [0.1, 0.15) is 17.2 Å². The van der Waals surface area contributed by atoms with Crippen LogP contribution in [0.1, 0.15) is 13.8 Å². The third kappa shape index (κ3) is 3.63. The van der Waals surface area contributed by atoms with Crippen molar-refractivity contribution in [2.24, 2.45) is 0 Å². The number of thioether (sulfide) groups is 1. The molecule has 3 aromatic rings. The minimum atomic E-state index is -0.305. The molecule has 25 heavy (non-hydrogen) atoms. The van der Waals surface area contributed by atoms with Crippen LogP contribution in [-0.2, 0) is 4.79 Å². The monoisotopic (exact) mass is 359 g/mol. The number of amides is 1. The standard InChI is InChI=1S/C17H18FN5OS/c1-3-22(4-2)15(24)10-25-17-14-9-21-23(16(14)19-11-20-17)13-7-5-12(18)6-8-13/h5-9,11H,3-4,10H2,1-2H3. The summed E-state index contributed by atoms with van der Waals surface area (Å²) in [4.78, 5) is 22.5. The van der Waals surface area contributed by atoms with E-state index in [0.717, 1.165) is 5.39 Å². The first-order valence-corrected chi connectivity index (χ1v) is 8.97. The maximum absolute atomic E-state index is 13.1. The fraction of sp³-hybridized carbons (Fsp3) is 0.294. The SMILES string of the molecule is CCN(CC)C(=O)CSc1ncnc2c1cnn2-c1ccc(F)cc1. The minimum absolute atomic E-state index is 0.0766. The Morgan fingerprint density at radius 1 is 1.20 bits per heavy atom. The molecule has 130 valence electrons. The number of hydrogen-bond acceptors (Lipinski definition) is 5. The van der Waals surface area contributed by atoms with Gasteiger partial charge in [-0.3, -0.25) is 4.79 Å². The van der Waals surface area contributed by atoms with Crippen LogP contribution in [-0.4, -0.2) is 49.4 Å². The van der Waals surface area contributed by atoms with Gasteiger partial charge in [0.25, 0.3) is 0 Å². The summed E-state index contributed by atoms with van der Waals surface area (Å²) < 4.78 is 14.7. The zero-order chi connectivity index (χ0) is 17.8. The maximum Gasteiger partial charge on any atom is 0.232 e. The molecular formula is C17H18FN5OS. The molecule has 8 heteroatoms. The van der Waals surface area contributed by atoms with E-state index >= 15 is 0 Å². The summed E-state index contributed by atoms with van der Waals surface area (Å²) in [5.74, 6) is 0.0869. The van der Waals surface area contributed by atoms with Gasteiger partial charge in [0.2, 0.25) is 5.91 Å². The Balaban J connectivity index is 1.86. The highest BCUT2D eigenvalue weighted by Gasteiger charge is 2.15. The number of hydrogen-bond donors (Lipinski definition) is 0. The van der Waals surface area contributed by atoms with Crippen molar-refractivity contribution in [3.63, 3.8) is 0 Å². The van der Waals surface area contributed by atoms with Gasteiger partial charge < -0.3 is 4.90 Å². The van der Waals surface area contributed by atoms with E-state index in [1.807, 2.05) is 13.8 Å². The van der Waals surface area contributed by atoms with Crippen molar-refractivity contribution >= 4 is 28.7 Å². The van der Waals surface area contributed by atoms with Gasteiger partial charge in [0.15, 0.2) is 5.65 Å². The molecule has 0 aliphatic rings. The second-order valence-corrected chi connectivity index (χ2v) is 6.27. The van der Waals surface area contributed by atoms with Crippen molar-refractivity contribution in [2.75, 3.05) is 18.8 Å². The Kier molecular flexibility index (Phi) is 5.28. The number of rotatable bonds is 6. The predicted molar refractivity (Wildman–Crippen MR) is 95.3 cm³/mol. The second-order valence-electron chi connectivity index (χ2n) is 5.30. The first-order valence-electron chi connectivity index (χ1n) is 7.99. The average molecular weight is 359 g/mol. The first-order chi connectivity index (χ1) is 12.1.